The number of hydrogen-bond acceptors (Lipinski definition) is 2. The largest absolute Gasteiger partial charge is 0.227 e. The van der Waals surface area contributed by atoms with E-state index in [9.17, 15) is 8.42 Å². The molecule has 1 fully saturated rings. The lowest BCUT2D eigenvalue weighted by atomic mass is 10.0. The summed E-state index contributed by atoms with van der Waals surface area (Å²) < 4.78 is 24.1. The standard InChI is InChI=1S/C6H12ClNO2S/c7-8-11(9,10)6-4-2-1-3-5-6/h6,8H,1-5H2. The summed E-state index contributed by atoms with van der Waals surface area (Å²) in [7, 11) is -3.21. The highest BCUT2D eigenvalue weighted by atomic mass is 35.5. The maximum atomic E-state index is 11.1. The number of sulfonamides is 1. The van der Waals surface area contributed by atoms with Crippen molar-refractivity contribution in [3.63, 3.8) is 0 Å². The van der Waals surface area contributed by atoms with Crippen molar-refractivity contribution in [3.05, 3.63) is 0 Å². The lowest BCUT2D eigenvalue weighted by molar-refractivity contribution is 0.482. The molecule has 1 aliphatic rings. The average molecular weight is 198 g/mol. The van der Waals surface area contributed by atoms with E-state index >= 15 is 0 Å². The Morgan fingerprint density at radius 2 is 1.73 bits per heavy atom. The first-order valence-electron chi connectivity index (χ1n) is 3.78. The van der Waals surface area contributed by atoms with E-state index in [1.807, 2.05) is 4.24 Å². The van der Waals surface area contributed by atoms with E-state index in [1.165, 1.54) is 0 Å². The number of rotatable bonds is 2. The fraction of sp³-hybridized carbons (Fsp3) is 1.00. The van der Waals surface area contributed by atoms with Gasteiger partial charge in [-0.05, 0) is 24.6 Å². The highest BCUT2D eigenvalue weighted by molar-refractivity contribution is 7.91. The van der Waals surface area contributed by atoms with Crippen LogP contribution in [0, 0.1) is 0 Å². The summed E-state index contributed by atoms with van der Waals surface area (Å²) in [5, 5.41) is -0.256. The third kappa shape index (κ3) is 2.32. The quantitative estimate of drug-likeness (QED) is 0.681. The summed E-state index contributed by atoms with van der Waals surface area (Å²) in [4.78, 5) is 0. The molecule has 0 amide bonds. The second kappa shape index (κ2) is 3.74. The van der Waals surface area contributed by atoms with Gasteiger partial charge in [0.05, 0.1) is 5.25 Å². The minimum absolute atomic E-state index is 0.256. The van der Waals surface area contributed by atoms with Crippen LogP contribution in [0.25, 0.3) is 0 Å². The van der Waals surface area contributed by atoms with Gasteiger partial charge in [-0.3, -0.25) is 0 Å². The Labute approximate surface area is 72.3 Å². The van der Waals surface area contributed by atoms with Crippen molar-refractivity contribution in [3.8, 4) is 0 Å². The van der Waals surface area contributed by atoms with Crippen LogP contribution in [-0.2, 0) is 10.0 Å². The fourth-order valence-corrected chi connectivity index (χ4v) is 2.90. The fourth-order valence-electron chi connectivity index (χ4n) is 1.44. The Hall–Kier alpha value is 0.200. The molecule has 11 heavy (non-hydrogen) atoms. The van der Waals surface area contributed by atoms with E-state index in [4.69, 9.17) is 11.8 Å². The van der Waals surface area contributed by atoms with Gasteiger partial charge in [-0.15, -0.1) is 4.24 Å². The number of nitrogens with one attached hydrogen (secondary N) is 1. The predicted octanol–water partition coefficient (Wildman–Crippen LogP) is 1.39. The molecule has 1 saturated carbocycles. The molecule has 0 bridgehead atoms. The molecule has 5 heteroatoms. The molecule has 0 saturated heterocycles. The van der Waals surface area contributed by atoms with Crippen LogP contribution >= 0.6 is 11.8 Å². The first-order chi connectivity index (χ1) is 5.17. The van der Waals surface area contributed by atoms with Crippen LogP contribution < -0.4 is 4.24 Å². The van der Waals surface area contributed by atoms with E-state index in [-0.39, 0.29) is 5.25 Å². The van der Waals surface area contributed by atoms with Crippen LogP contribution in [0.15, 0.2) is 0 Å². The molecule has 0 aromatic rings. The molecule has 0 aromatic heterocycles. The van der Waals surface area contributed by atoms with Gasteiger partial charge in [0, 0.05) is 0 Å². The molecule has 1 aliphatic carbocycles. The zero-order valence-electron chi connectivity index (χ0n) is 6.22. The Balaban J connectivity index is 2.58. The normalized spacial score (nSPS) is 21.9. The maximum Gasteiger partial charge on any atom is 0.227 e. The van der Waals surface area contributed by atoms with Crippen molar-refractivity contribution in [2.24, 2.45) is 0 Å². The molecule has 0 heterocycles. The number of halogens is 1. The molecular weight excluding hydrogens is 186 g/mol. The second-order valence-corrected chi connectivity index (χ2v) is 5.26. The topological polar surface area (TPSA) is 46.2 Å². The monoisotopic (exact) mass is 197 g/mol. The van der Waals surface area contributed by atoms with Gasteiger partial charge in [0.2, 0.25) is 10.0 Å². The Morgan fingerprint density at radius 3 is 2.18 bits per heavy atom. The highest BCUT2D eigenvalue weighted by Crippen LogP contribution is 2.22. The smallest absolute Gasteiger partial charge is 0.211 e. The molecule has 0 radical (unpaired) electrons. The van der Waals surface area contributed by atoms with Crippen LogP contribution in [0.1, 0.15) is 32.1 Å². The zero-order chi connectivity index (χ0) is 8.32. The lowest BCUT2D eigenvalue weighted by Crippen LogP contribution is -2.30. The van der Waals surface area contributed by atoms with Gasteiger partial charge in [0.1, 0.15) is 0 Å². The molecule has 0 atom stereocenters. The van der Waals surface area contributed by atoms with Gasteiger partial charge in [0.15, 0.2) is 0 Å². The van der Waals surface area contributed by atoms with Crippen LogP contribution in [0.3, 0.4) is 0 Å². The van der Waals surface area contributed by atoms with Gasteiger partial charge in [-0.1, -0.05) is 19.3 Å². The summed E-state index contributed by atoms with van der Waals surface area (Å²) in [6, 6.07) is 0. The van der Waals surface area contributed by atoms with Crippen molar-refractivity contribution >= 4 is 21.8 Å². The van der Waals surface area contributed by atoms with Crippen molar-refractivity contribution in [2.45, 2.75) is 37.4 Å². The lowest BCUT2D eigenvalue weighted by Gasteiger charge is -2.19. The van der Waals surface area contributed by atoms with Crippen LogP contribution in [0.4, 0.5) is 0 Å². The average Bonchev–Trinajstić information content (AvgIpc) is 2.06. The Morgan fingerprint density at radius 1 is 1.18 bits per heavy atom. The molecule has 0 spiro atoms. The zero-order valence-corrected chi connectivity index (χ0v) is 7.79. The maximum absolute atomic E-state index is 11.1. The highest BCUT2D eigenvalue weighted by Gasteiger charge is 2.25. The number of hydrogen-bond donors (Lipinski definition) is 1. The predicted molar refractivity (Wildman–Crippen MR) is 44.8 cm³/mol. The van der Waals surface area contributed by atoms with Crippen LogP contribution in [-0.4, -0.2) is 13.7 Å². The van der Waals surface area contributed by atoms with Crippen molar-refractivity contribution in [2.75, 3.05) is 0 Å². The van der Waals surface area contributed by atoms with E-state index in [0.29, 0.717) is 0 Å². The molecular formula is C6H12ClNO2S. The third-order valence-corrected chi connectivity index (χ3v) is 4.31. The summed E-state index contributed by atoms with van der Waals surface area (Å²) in [6.07, 6.45) is 4.66. The van der Waals surface area contributed by atoms with Gasteiger partial charge in [0.25, 0.3) is 0 Å². The Kier molecular flexibility index (Phi) is 3.16. The molecule has 0 unspecified atom stereocenters. The third-order valence-electron chi connectivity index (χ3n) is 2.10. The molecule has 1 rings (SSSR count). The van der Waals surface area contributed by atoms with Gasteiger partial charge in [-0.25, -0.2) is 8.42 Å². The summed E-state index contributed by atoms with van der Waals surface area (Å²) >= 11 is 5.09. The minimum atomic E-state index is -3.21. The van der Waals surface area contributed by atoms with Gasteiger partial charge < -0.3 is 0 Å². The van der Waals surface area contributed by atoms with Crippen molar-refractivity contribution in [1.82, 2.24) is 4.24 Å². The van der Waals surface area contributed by atoms with E-state index in [0.717, 1.165) is 32.1 Å². The first kappa shape index (κ1) is 9.29. The first-order valence-corrected chi connectivity index (χ1v) is 5.70. The van der Waals surface area contributed by atoms with Gasteiger partial charge >= 0.3 is 0 Å². The molecule has 0 aliphatic heterocycles. The summed E-state index contributed by atoms with van der Waals surface area (Å²) in [6.45, 7) is 0. The SMILES string of the molecule is O=S(=O)(NCl)C1CCCCC1. The van der Waals surface area contributed by atoms with Crippen LogP contribution in [0.2, 0.25) is 0 Å². The van der Waals surface area contributed by atoms with Crippen molar-refractivity contribution < 1.29 is 8.42 Å². The van der Waals surface area contributed by atoms with E-state index in [1.54, 1.807) is 0 Å². The van der Waals surface area contributed by atoms with E-state index in [2.05, 4.69) is 0 Å². The molecule has 3 nitrogen and oxygen atoms in total. The second-order valence-electron chi connectivity index (χ2n) is 2.88. The van der Waals surface area contributed by atoms with Crippen molar-refractivity contribution in [1.29, 1.82) is 0 Å². The minimum Gasteiger partial charge on any atom is -0.211 e. The molecule has 1 N–H and O–H groups in total. The van der Waals surface area contributed by atoms with Gasteiger partial charge in [-0.2, -0.15) is 0 Å². The Bertz CT molecular complexity index is 209. The molecule has 66 valence electrons. The summed E-state index contributed by atoms with van der Waals surface area (Å²) in [5.74, 6) is 0. The molecule has 0 aromatic carbocycles. The van der Waals surface area contributed by atoms with E-state index < -0.39 is 10.0 Å². The van der Waals surface area contributed by atoms with Crippen LogP contribution in [0.5, 0.6) is 0 Å². The summed E-state index contributed by atoms with van der Waals surface area (Å²) in [5.41, 5.74) is 0.